The molecule has 54 heavy (non-hydrogen) atoms. The van der Waals surface area contributed by atoms with E-state index < -0.39 is 79.8 Å². The first kappa shape index (κ1) is 39.7. The molecule has 2 saturated heterocycles. The normalized spacial score (nSPS) is 28.3. The number of nitrogens with zero attached hydrogens (tertiary/aromatic N) is 2. The number of ether oxygens (including phenoxy) is 3. The number of sulfonamides is 1. The van der Waals surface area contributed by atoms with Crippen LogP contribution in [0.25, 0.3) is 0 Å². The van der Waals surface area contributed by atoms with Crippen molar-refractivity contribution in [2.75, 3.05) is 20.3 Å². The second kappa shape index (κ2) is 15.3. The highest BCUT2D eigenvalue weighted by Crippen LogP contribution is 2.49. The van der Waals surface area contributed by atoms with Gasteiger partial charge in [-0.05, 0) is 70.4 Å². The Bertz CT molecular complexity index is 1760. The third-order valence-electron chi connectivity index (χ3n) is 11.2. The molecule has 5 aliphatic rings. The number of methoxy groups -OCH3 is 1. The number of hydrogen-bond acceptors (Lipinski definition) is 10. The van der Waals surface area contributed by atoms with Crippen LogP contribution in [0.4, 0.5) is 14.0 Å². The van der Waals surface area contributed by atoms with Crippen molar-refractivity contribution in [1.29, 1.82) is 0 Å². The van der Waals surface area contributed by atoms with Crippen LogP contribution < -0.4 is 15.4 Å². The fourth-order valence-corrected chi connectivity index (χ4v) is 9.52. The summed E-state index contributed by atoms with van der Waals surface area (Å²) in [5.41, 5.74) is -1.34. The second-order valence-corrected chi connectivity index (χ2v) is 18.5. The van der Waals surface area contributed by atoms with Crippen molar-refractivity contribution >= 4 is 39.9 Å². The van der Waals surface area contributed by atoms with E-state index in [9.17, 15) is 36.8 Å². The molecule has 1 aromatic rings. The summed E-state index contributed by atoms with van der Waals surface area (Å²) in [6, 6.07) is 2.30. The summed E-state index contributed by atoms with van der Waals surface area (Å²) in [6.45, 7) is 4.94. The number of alkyl carbamates (subject to hydrolysis) is 1. The van der Waals surface area contributed by atoms with Gasteiger partial charge in [-0.3, -0.25) is 24.0 Å². The zero-order chi connectivity index (χ0) is 39.1. The number of amides is 5. The topological polar surface area (TPSA) is 190 Å². The first-order valence-electron chi connectivity index (χ1n) is 18.9. The number of halogens is 1. The molecule has 3 aliphatic heterocycles. The Morgan fingerprint density at radius 2 is 1.74 bits per heavy atom. The number of benzene rings is 1. The molecule has 2 saturated carbocycles. The molecule has 0 aromatic heterocycles. The van der Waals surface area contributed by atoms with Gasteiger partial charge in [0.15, 0.2) is 0 Å². The van der Waals surface area contributed by atoms with Crippen molar-refractivity contribution < 1.29 is 51.0 Å². The third-order valence-corrected chi connectivity index (χ3v) is 13.3. The monoisotopic (exact) mass is 777 g/mol. The molecule has 0 spiro atoms. The summed E-state index contributed by atoms with van der Waals surface area (Å²) >= 11 is 0. The van der Waals surface area contributed by atoms with Gasteiger partial charge >= 0.3 is 12.2 Å². The highest BCUT2D eigenvalue weighted by Gasteiger charge is 2.64. The average molecular weight is 778 g/mol. The first-order valence-corrected chi connectivity index (χ1v) is 20.4. The van der Waals surface area contributed by atoms with E-state index in [1.54, 1.807) is 32.9 Å². The molecule has 15 nitrogen and oxygen atoms in total. The summed E-state index contributed by atoms with van der Waals surface area (Å²) in [5, 5.41) is 5.53. The molecule has 5 atom stereocenters. The van der Waals surface area contributed by atoms with E-state index in [4.69, 9.17) is 14.2 Å². The summed E-state index contributed by atoms with van der Waals surface area (Å²) < 4.78 is 58.7. The van der Waals surface area contributed by atoms with E-state index in [0.717, 1.165) is 25.7 Å². The SMILES string of the molecule is COCC1(S(=O)(=O)NC(=O)[C@@]23C[C@H]2CCCCCCC[C@H](NC(=O)OC(C)(C)C)C(=O)N2C[C@H](OC(=O)N4Cc5cccc(F)c5C4)C[C@H]2C(=O)N3)CC1. The van der Waals surface area contributed by atoms with E-state index in [-0.39, 0.29) is 51.4 Å². The molecule has 0 bridgehead atoms. The molecule has 17 heteroatoms. The molecule has 0 radical (unpaired) electrons. The van der Waals surface area contributed by atoms with Crippen molar-refractivity contribution in [2.24, 2.45) is 5.92 Å². The van der Waals surface area contributed by atoms with Crippen LogP contribution >= 0.6 is 0 Å². The Kier molecular flexibility index (Phi) is 11.2. The molecular weight excluding hydrogens is 725 g/mol. The fourth-order valence-electron chi connectivity index (χ4n) is 7.96. The van der Waals surface area contributed by atoms with E-state index in [2.05, 4.69) is 15.4 Å². The largest absolute Gasteiger partial charge is 0.444 e. The molecule has 5 amide bonds. The van der Waals surface area contributed by atoms with Gasteiger partial charge in [-0.15, -0.1) is 0 Å². The van der Waals surface area contributed by atoms with E-state index in [0.29, 0.717) is 36.8 Å². The summed E-state index contributed by atoms with van der Waals surface area (Å²) in [4.78, 5) is 71.5. The lowest BCUT2D eigenvalue weighted by Crippen LogP contribution is -2.59. The quantitative estimate of drug-likeness (QED) is 0.370. The molecule has 298 valence electrons. The Hall–Kier alpha value is -3.99. The molecule has 1 aromatic carbocycles. The van der Waals surface area contributed by atoms with Crippen LogP contribution in [-0.4, -0.2) is 102 Å². The van der Waals surface area contributed by atoms with Gasteiger partial charge in [0.25, 0.3) is 5.91 Å². The zero-order valence-corrected chi connectivity index (χ0v) is 32.2. The Labute approximate surface area is 315 Å². The van der Waals surface area contributed by atoms with Crippen LogP contribution in [0.5, 0.6) is 0 Å². The highest BCUT2D eigenvalue weighted by molar-refractivity contribution is 7.91. The van der Waals surface area contributed by atoms with Crippen LogP contribution in [0.1, 0.15) is 103 Å². The fraction of sp³-hybridized carbons (Fsp3) is 0.703. The minimum Gasteiger partial charge on any atom is -0.444 e. The maximum atomic E-state index is 14.4. The van der Waals surface area contributed by atoms with Gasteiger partial charge in [-0.2, -0.15) is 0 Å². The minimum absolute atomic E-state index is 0.00437. The molecule has 4 fully saturated rings. The molecular formula is C37H52FN5O10S. The van der Waals surface area contributed by atoms with Crippen LogP contribution in [-0.2, 0) is 51.7 Å². The maximum absolute atomic E-state index is 14.4. The number of carbonyl (C=O) groups excluding carboxylic acids is 5. The van der Waals surface area contributed by atoms with Gasteiger partial charge < -0.3 is 29.7 Å². The summed E-state index contributed by atoms with van der Waals surface area (Å²) in [7, 11) is -2.75. The number of carbonyl (C=O) groups is 5. The molecule has 3 N–H and O–H groups in total. The first-order chi connectivity index (χ1) is 25.5. The Morgan fingerprint density at radius 3 is 2.41 bits per heavy atom. The van der Waals surface area contributed by atoms with E-state index >= 15 is 0 Å². The minimum atomic E-state index is -4.14. The lowest BCUT2D eigenvalue weighted by molar-refractivity contribution is -0.141. The Morgan fingerprint density at radius 1 is 1.04 bits per heavy atom. The van der Waals surface area contributed by atoms with Crippen molar-refractivity contribution in [2.45, 2.75) is 139 Å². The molecule has 3 heterocycles. The number of fused-ring (bicyclic) bond motifs is 3. The average Bonchev–Trinajstić information content (AvgIpc) is 3.91. The summed E-state index contributed by atoms with van der Waals surface area (Å²) in [5.74, 6) is -2.91. The van der Waals surface area contributed by atoms with E-state index in [1.807, 2.05) is 0 Å². The van der Waals surface area contributed by atoms with Gasteiger partial charge in [0.05, 0.1) is 19.7 Å². The maximum Gasteiger partial charge on any atom is 0.410 e. The van der Waals surface area contributed by atoms with Crippen molar-refractivity contribution in [3.05, 3.63) is 35.1 Å². The van der Waals surface area contributed by atoms with Crippen LogP contribution in [0.2, 0.25) is 0 Å². The number of rotatable bonds is 7. The van der Waals surface area contributed by atoms with Crippen molar-refractivity contribution in [3.8, 4) is 0 Å². The van der Waals surface area contributed by atoms with Gasteiger partial charge in [-0.25, -0.2) is 22.4 Å². The number of nitrogens with one attached hydrogen (secondary N) is 3. The number of hydrogen-bond donors (Lipinski definition) is 3. The summed E-state index contributed by atoms with van der Waals surface area (Å²) in [6.07, 6.45) is 2.83. The van der Waals surface area contributed by atoms with Crippen LogP contribution in [0, 0.1) is 11.7 Å². The third kappa shape index (κ3) is 8.46. The molecule has 2 aliphatic carbocycles. The molecule has 6 rings (SSSR count). The van der Waals surface area contributed by atoms with Gasteiger partial charge in [-0.1, -0.05) is 44.2 Å². The van der Waals surface area contributed by atoms with Crippen molar-refractivity contribution in [3.63, 3.8) is 0 Å². The lowest BCUT2D eigenvalue weighted by Gasteiger charge is -2.30. The van der Waals surface area contributed by atoms with Crippen molar-refractivity contribution in [1.82, 2.24) is 25.2 Å². The van der Waals surface area contributed by atoms with Gasteiger partial charge in [0.1, 0.15) is 39.9 Å². The van der Waals surface area contributed by atoms with Crippen LogP contribution in [0.15, 0.2) is 18.2 Å². The van der Waals surface area contributed by atoms with Gasteiger partial charge in [0.2, 0.25) is 21.8 Å². The second-order valence-electron chi connectivity index (χ2n) is 16.4. The predicted octanol–water partition coefficient (Wildman–Crippen LogP) is 3.38. The Balaban J connectivity index is 1.25. The highest BCUT2D eigenvalue weighted by atomic mass is 32.2. The predicted molar refractivity (Wildman–Crippen MR) is 191 cm³/mol. The van der Waals surface area contributed by atoms with Gasteiger partial charge in [0, 0.05) is 25.6 Å². The van der Waals surface area contributed by atoms with E-state index in [1.165, 1.54) is 23.0 Å². The molecule has 0 unspecified atom stereocenters. The van der Waals surface area contributed by atoms with Crippen LogP contribution in [0.3, 0.4) is 0 Å². The standard InChI is InChI=1S/C37H52FN5O10S/c1-35(2,3)53-33(47)39-28-14-9-7-5-6-8-12-24-18-37(24,32(46)41-54(49,50)36(15-16-36)22-51-4)40-30(44)29-17-25(20-43(29)31(28)45)52-34(48)42-19-23-11-10-13-27(38)26(23)21-42/h10-11,13,24-25,28-29H,5-9,12,14-22H2,1-4H3,(H,39,47)(H,40,44)(H,41,46)/t24-,25-,28+,29+,37-/m1/s1. The smallest absolute Gasteiger partial charge is 0.410 e. The lowest BCUT2D eigenvalue weighted by atomic mass is 10.0. The zero-order valence-electron chi connectivity index (χ0n) is 31.4.